The molecule has 0 amide bonds. The molecule has 1 N–H and O–H groups in total. The minimum Gasteiger partial charge on any atom is -0.314 e. The summed E-state index contributed by atoms with van der Waals surface area (Å²) in [5.41, 5.74) is 4.39. The second-order valence-corrected chi connectivity index (χ2v) is 9.00. The lowest BCUT2D eigenvalue weighted by Gasteiger charge is -2.50. The Morgan fingerprint density at radius 2 is 1.62 bits per heavy atom. The van der Waals surface area contributed by atoms with Crippen LogP contribution in [0.15, 0.2) is 24.3 Å². The van der Waals surface area contributed by atoms with Crippen molar-refractivity contribution in [2.45, 2.75) is 77.2 Å². The van der Waals surface area contributed by atoms with E-state index in [9.17, 15) is 0 Å². The Bertz CT molecular complexity index is 492. The standard InChI is InChI=1S/C20H31N/c1-15(2)21-14-20(12-19(13-20)10-11-19)17-8-6-16(7-9-17)18(3,4)5/h6-9,15,21H,10-14H2,1-5H3. The number of benzene rings is 1. The van der Waals surface area contributed by atoms with Crippen LogP contribution in [-0.2, 0) is 10.8 Å². The quantitative estimate of drug-likeness (QED) is 0.838. The van der Waals surface area contributed by atoms with Gasteiger partial charge in [-0.15, -0.1) is 0 Å². The third-order valence-electron chi connectivity index (χ3n) is 5.60. The zero-order valence-electron chi connectivity index (χ0n) is 14.4. The van der Waals surface area contributed by atoms with Crippen LogP contribution in [0, 0.1) is 5.41 Å². The molecule has 116 valence electrons. The maximum atomic E-state index is 3.70. The van der Waals surface area contributed by atoms with E-state index in [-0.39, 0.29) is 5.41 Å². The molecule has 0 unspecified atom stereocenters. The minimum atomic E-state index is 0.249. The Kier molecular flexibility index (Phi) is 3.48. The SMILES string of the molecule is CC(C)NCC1(c2ccc(C(C)(C)C)cc2)CC2(CC2)C1. The van der Waals surface area contributed by atoms with Crippen LogP contribution in [0.25, 0.3) is 0 Å². The average Bonchev–Trinajstić information content (AvgIpc) is 3.14. The Hall–Kier alpha value is -0.820. The number of hydrogen-bond acceptors (Lipinski definition) is 1. The van der Waals surface area contributed by atoms with Gasteiger partial charge in [-0.2, -0.15) is 0 Å². The Balaban J connectivity index is 1.80. The van der Waals surface area contributed by atoms with Gasteiger partial charge in [0, 0.05) is 18.0 Å². The summed E-state index contributed by atoms with van der Waals surface area (Å²) in [5.74, 6) is 0. The third-order valence-corrected chi connectivity index (χ3v) is 5.60. The minimum absolute atomic E-state index is 0.249. The van der Waals surface area contributed by atoms with Crippen molar-refractivity contribution >= 4 is 0 Å². The Morgan fingerprint density at radius 3 is 2.05 bits per heavy atom. The molecule has 2 aliphatic rings. The van der Waals surface area contributed by atoms with E-state index in [1.54, 1.807) is 5.56 Å². The lowest BCUT2D eigenvalue weighted by atomic mass is 9.56. The van der Waals surface area contributed by atoms with Gasteiger partial charge in [-0.05, 0) is 47.6 Å². The summed E-state index contributed by atoms with van der Waals surface area (Å²) in [5, 5.41) is 3.70. The molecule has 0 aromatic heterocycles. The molecule has 1 spiro atoms. The highest BCUT2D eigenvalue weighted by molar-refractivity contribution is 5.37. The molecule has 2 fully saturated rings. The average molecular weight is 285 g/mol. The molecule has 1 aromatic carbocycles. The summed E-state index contributed by atoms with van der Waals surface area (Å²) < 4.78 is 0. The van der Waals surface area contributed by atoms with E-state index in [1.807, 2.05) is 0 Å². The summed E-state index contributed by atoms with van der Waals surface area (Å²) in [6.45, 7) is 12.5. The van der Waals surface area contributed by atoms with Crippen molar-refractivity contribution in [3.05, 3.63) is 35.4 Å². The first kappa shape index (κ1) is 15.1. The molecular formula is C20H31N. The van der Waals surface area contributed by atoms with Crippen LogP contribution in [0.3, 0.4) is 0 Å². The third kappa shape index (κ3) is 2.90. The Morgan fingerprint density at radius 1 is 1.05 bits per heavy atom. The molecular weight excluding hydrogens is 254 g/mol. The predicted molar refractivity (Wildman–Crippen MR) is 90.9 cm³/mol. The summed E-state index contributed by atoms with van der Waals surface area (Å²) in [6, 6.07) is 10.1. The molecule has 2 saturated carbocycles. The van der Waals surface area contributed by atoms with Crippen LogP contribution in [0.5, 0.6) is 0 Å². The van der Waals surface area contributed by atoms with Crippen molar-refractivity contribution in [2.75, 3.05) is 6.54 Å². The number of nitrogens with one attached hydrogen (secondary N) is 1. The van der Waals surface area contributed by atoms with Crippen molar-refractivity contribution in [3.8, 4) is 0 Å². The van der Waals surface area contributed by atoms with Gasteiger partial charge >= 0.3 is 0 Å². The van der Waals surface area contributed by atoms with E-state index in [0.29, 0.717) is 11.5 Å². The fourth-order valence-electron chi connectivity index (χ4n) is 4.07. The summed E-state index contributed by atoms with van der Waals surface area (Å²) in [6.07, 6.45) is 5.73. The summed E-state index contributed by atoms with van der Waals surface area (Å²) >= 11 is 0. The highest BCUT2D eigenvalue weighted by Crippen LogP contribution is 2.68. The normalized spacial score (nSPS) is 22.4. The van der Waals surface area contributed by atoms with Crippen LogP contribution in [-0.4, -0.2) is 12.6 Å². The van der Waals surface area contributed by atoms with Gasteiger partial charge in [-0.1, -0.05) is 58.9 Å². The van der Waals surface area contributed by atoms with Crippen molar-refractivity contribution < 1.29 is 0 Å². The maximum absolute atomic E-state index is 3.70. The lowest BCUT2D eigenvalue weighted by molar-refractivity contribution is 0.114. The smallest absolute Gasteiger partial charge is 0.00884 e. The highest BCUT2D eigenvalue weighted by atomic mass is 14.9. The second kappa shape index (κ2) is 4.84. The van der Waals surface area contributed by atoms with Gasteiger partial charge in [0.1, 0.15) is 0 Å². The topological polar surface area (TPSA) is 12.0 Å². The molecule has 0 bridgehead atoms. The molecule has 21 heavy (non-hydrogen) atoms. The zero-order valence-corrected chi connectivity index (χ0v) is 14.4. The van der Waals surface area contributed by atoms with Gasteiger partial charge in [0.15, 0.2) is 0 Å². The van der Waals surface area contributed by atoms with Crippen LogP contribution in [0.2, 0.25) is 0 Å². The molecule has 0 atom stereocenters. The first-order chi connectivity index (χ1) is 9.75. The van der Waals surface area contributed by atoms with Gasteiger partial charge in [0.05, 0.1) is 0 Å². The molecule has 1 aromatic rings. The fourth-order valence-corrected chi connectivity index (χ4v) is 4.07. The van der Waals surface area contributed by atoms with Crippen LogP contribution >= 0.6 is 0 Å². The summed E-state index contributed by atoms with van der Waals surface area (Å²) in [7, 11) is 0. The summed E-state index contributed by atoms with van der Waals surface area (Å²) in [4.78, 5) is 0. The molecule has 0 saturated heterocycles. The van der Waals surface area contributed by atoms with E-state index in [2.05, 4.69) is 64.2 Å². The zero-order chi connectivity index (χ0) is 15.3. The van der Waals surface area contributed by atoms with Crippen LogP contribution in [0.4, 0.5) is 0 Å². The van der Waals surface area contributed by atoms with E-state index in [4.69, 9.17) is 0 Å². The fraction of sp³-hybridized carbons (Fsp3) is 0.700. The van der Waals surface area contributed by atoms with Crippen molar-refractivity contribution in [3.63, 3.8) is 0 Å². The Labute approximate surface area is 130 Å². The molecule has 0 heterocycles. The largest absolute Gasteiger partial charge is 0.314 e. The maximum Gasteiger partial charge on any atom is 0.00884 e. The first-order valence-corrected chi connectivity index (χ1v) is 8.59. The van der Waals surface area contributed by atoms with E-state index in [0.717, 1.165) is 12.0 Å². The van der Waals surface area contributed by atoms with Crippen LogP contribution < -0.4 is 5.32 Å². The van der Waals surface area contributed by atoms with Crippen molar-refractivity contribution in [2.24, 2.45) is 5.41 Å². The number of hydrogen-bond donors (Lipinski definition) is 1. The molecule has 1 nitrogen and oxygen atoms in total. The van der Waals surface area contributed by atoms with E-state index >= 15 is 0 Å². The van der Waals surface area contributed by atoms with E-state index < -0.39 is 0 Å². The number of rotatable bonds is 4. The van der Waals surface area contributed by atoms with Gasteiger partial charge < -0.3 is 5.32 Å². The lowest BCUT2D eigenvalue weighted by Crippen LogP contribution is -2.50. The molecule has 2 aliphatic carbocycles. The van der Waals surface area contributed by atoms with Gasteiger partial charge in [0.25, 0.3) is 0 Å². The van der Waals surface area contributed by atoms with Crippen molar-refractivity contribution in [1.82, 2.24) is 5.32 Å². The molecule has 1 heteroatoms. The monoisotopic (exact) mass is 285 g/mol. The molecule has 0 radical (unpaired) electrons. The van der Waals surface area contributed by atoms with Gasteiger partial charge in [-0.25, -0.2) is 0 Å². The van der Waals surface area contributed by atoms with E-state index in [1.165, 1.54) is 31.2 Å². The van der Waals surface area contributed by atoms with Crippen LogP contribution in [0.1, 0.15) is 71.4 Å². The highest BCUT2D eigenvalue weighted by Gasteiger charge is 2.60. The second-order valence-electron chi connectivity index (χ2n) is 9.00. The first-order valence-electron chi connectivity index (χ1n) is 8.59. The van der Waals surface area contributed by atoms with Gasteiger partial charge in [-0.3, -0.25) is 0 Å². The molecule has 0 aliphatic heterocycles. The van der Waals surface area contributed by atoms with Crippen molar-refractivity contribution in [1.29, 1.82) is 0 Å². The predicted octanol–water partition coefficient (Wildman–Crippen LogP) is 4.79. The van der Waals surface area contributed by atoms with Gasteiger partial charge in [0.2, 0.25) is 0 Å². The molecule has 3 rings (SSSR count).